The van der Waals surface area contributed by atoms with Crippen molar-refractivity contribution in [1.82, 2.24) is 19.9 Å². The number of carbonyl (C=O) groups excluding carboxylic acids is 1. The summed E-state index contributed by atoms with van der Waals surface area (Å²) in [6.07, 6.45) is 1.22. The van der Waals surface area contributed by atoms with E-state index < -0.39 is 17.6 Å². The van der Waals surface area contributed by atoms with Crippen LogP contribution in [0, 0.1) is 0 Å². The molecule has 8 nitrogen and oxygen atoms in total. The van der Waals surface area contributed by atoms with Crippen molar-refractivity contribution in [2.24, 2.45) is 0 Å². The number of rotatable bonds is 9. The molecular formula is C31H30F3N5O3. The van der Waals surface area contributed by atoms with Crippen LogP contribution in [0.15, 0.2) is 73.1 Å². The molecular weight excluding hydrogens is 547 g/mol. The molecule has 1 N–H and O–H groups in total. The average Bonchev–Trinajstić information content (AvgIpc) is 3.40. The minimum Gasteiger partial charge on any atom is -0.492 e. The number of hydrogen-bond acceptors (Lipinski definition) is 7. The summed E-state index contributed by atoms with van der Waals surface area (Å²) in [5, 5.41) is 2.57. The SMILES string of the molecule is CCc1nccc(-c2cccnc2Oc2cccc(C(=O)Nc3cc(OC[C@@H]4CCCN4C)cc(C(F)(F)F)c3)c2)n1. The zero-order valence-electron chi connectivity index (χ0n) is 23.2. The van der Waals surface area contributed by atoms with Crippen molar-refractivity contribution in [1.29, 1.82) is 0 Å². The Balaban J connectivity index is 1.34. The van der Waals surface area contributed by atoms with Crippen LogP contribution in [0.2, 0.25) is 0 Å². The second-order valence-electron chi connectivity index (χ2n) is 9.98. The van der Waals surface area contributed by atoms with Gasteiger partial charge in [0.15, 0.2) is 0 Å². The van der Waals surface area contributed by atoms with Crippen molar-refractivity contribution in [2.75, 3.05) is 25.5 Å². The van der Waals surface area contributed by atoms with Crippen molar-refractivity contribution in [3.8, 4) is 28.6 Å². The molecule has 4 aromatic rings. The molecule has 0 spiro atoms. The number of carbonyl (C=O) groups is 1. The number of nitrogens with one attached hydrogen (secondary N) is 1. The highest BCUT2D eigenvalue weighted by Crippen LogP contribution is 2.35. The number of alkyl halides is 3. The minimum absolute atomic E-state index is 0.0292. The first kappa shape index (κ1) is 29.0. The number of nitrogens with zero attached hydrogens (tertiary/aromatic N) is 4. The fraction of sp³-hybridized carbons (Fsp3) is 0.290. The van der Waals surface area contributed by atoms with E-state index in [2.05, 4.69) is 25.2 Å². The zero-order chi connectivity index (χ0) is 29.7. The molecule has 1 aliphatic rings. The summed E-state index contributed by atoms with van der Waals surface area (Å²) in [6, 6.07) is 15.0. The Labute approximate surface area is 241 Å². The molecule has 1 saturated heterocycles. The third kappa shape index (κ3) is 7.03. The van der Waals surface area contributed by atoms with Gasteiger partial charge in [0.25, 0.3) is 5.91 Å². The molecule has 2 aromatic heterocycles. The van der Waals surface area contributed by atoms with Gasteiger partial charge < -0.3 is 19.7 Å². The number of amides is 1. The lowest BCUT2D eigenvalue weighted by atomic mass is 10.1. The van der Waals surface area contributed by atoms with Gasteiger partial charge in [0.05, 0.1) is 16.8 Å². The Morgan fingerprint density at radius 3 is 2.67 bits per heavy atom. The number of anilines is 1. The average molecular weight is 578 g/mol. The van der Waals surface area contributed by atoms with E-state index in [0.717, 1.165) is 31.5 Å². The fourth-order valence-electron chi connectivity index (χ4n) is 4.70. The van der Waals surface area contributed by atoms with E-state index in [9.17, 15) is 18.0 Å². The largest absolute Gasteiger partial charge is 0.492 e. The van der Waals surface area contributed by atoms with E-state index in [0.29, 0.717) is 29.3 Å². The Kier molecular flexibility index (Phi) is 8.67. The molecule has 0 unspecified atom stereocenters. The van der Waals surface area contributed by atoms with Gasteiger partial charge >= 0.3 is 6.18 Å². The summed E-state index contributed by atoms with van der Waals surface area (Å²) in [5.74, 6) is 0.710. The van der Waals surface area contributed by atoms with Crippen molar-refractivity contribution in [3.05, 3.63) is 90.0 Å². The van der Waals surface area contributed by atoms with Crippen LogP contribution < -0.4 is 14.8 Å². The second kappa shape index (κ2) is 12.6. The first-order valence-electron chi connectivity index (χ1n) is 13.6. The van der Waals surface area contributed by atoms with Crippen molar-refractivity contribution >= 4 is 11.6 Å². The summed E-state index contributed by atoms with van der Waals surface area (Å²) in [5.41, 5.74) is 0.530. The maximum atomic E-state index is 13.7. The van der Waals surface area contributed by atoms with Crippen LogP contribution in [-0.2, 0) is 12.6 Å². The normalized spacial score (nSPS) is 15.4. The van der Waals surface area contributed by atoms with Gasteiger partial charge in [0.1, 0.15) is 23.9 Å². The number of pyridine rings is 1. The highest BCUT2D eigenvalue weighted by Gasteiger charge is 2.32. The summed E-state index contributed by atoms with van der Waals surface area (Å²) in [7, 11) is 1.96. The Hall–Kier alpha value is -4.51. The second-order valence-corrected chi connectivity index (χ2v) is 9.98. The van der Waals surface area contributed by atoms with Gasteiger partial charge in [0.2, 0.25) is 5.88 Å². The quantitative estimate of drug-likeness (QED) is 0.239. The third-order valence-electron chi connectivity index (χ3n) is 6.99. The van der Waals surface area contributed by atoms with E-state index in [4.69, 9.17) is 9.47 Å². The number of likely N-dealkylation sites (N-methyl/N-ethyl adjacent to an activating group) is 1. The van der Waals surface area contributed by atoms with E-state index >= 15 is 0 Å². The number of ether oxygens (including phenoxy) is 2. The van der Waals surface area contributed by atoms with Gasteiger partial charge in [-0.2, -0.15) is 13.2 Å². The molecule has 0 aliphatic carbocycles. The molecule has 1 aliphatic heterocycles. The van der Waals surface area contributed by atoms with Crippen LogP contribution in [0.1, 0.15) is 41.5 Å². The van der Waals surface area contributed by atoms with E-state index in [-0.39, 0.29) is 35.5 Å². The maximum Gasteiger partial charge on any atom is 0.416 e. The Morgan fingerprint density at radius 2 is 1.90 bits per heavy atom. The summed E-state index contributed by atoms with van der Waals surface area (Å²) >= 11 is 0. The maximum absolute atomic E-state index is 13.7. The molecule has 0 saturated carbocycles. The lowest BCUT2D eigenvalue weighted by Crippen LogP contribution is -2.30. The van der Waals surface area contributed by atoms with Crippen LogP contribution in [0.25, 0.3) is 11.3 Å². The predicted octanol–water partition coefficient (Wildman–Crippen LogP) is 6.64. The fourth-order valence-corrected chi connectivity index (χ4v) is 4.70. The van der Waals surface area contributed by atoms with Crippen molar-refractivity contribution in [3.63, 3.8) is 0 Å². The lowest BCUT2D eigenvalue weighted by Gasteiger charge is -2.20. The smallest absolute Gasteiger partial charge is 0.416 e. The molecule has 11 heteroatoms. The first-order chi connectivity index (χ1) is 20.2. The van der Waals surface area contributed by atoms with Crippen molar-refractivity contribution < 1.29 is 27.4 Å². The molecule has 218 valence electrons. The predicted molar refractivity (Wildman–Crippen MR) is 152 cm³/mol. The lowest BCUT2D eigenvalue weighted by molar-refractivity contribution is -0.137. The Morgan fingerprint density at radius 1 is 1.05 bits per heavy atom. The first-order valence-corrected chi connectivity index (χ1v) is 13.6. The van der Waals surface area contributed by atoms with E-state index in [1.165, 1.54) is 12.1 Å². The summed E-state index contributed by atoms with van der Waals surface area (Å²) in [4.78, 5) is 28.4. The van der Waals surface area contributed by atoms with Crippen LogP contribution >= 0.6 is 0 Å². The number of halogens is 3. The van der Waals surface area contributed by atoms with E-state index in [1.807, 2.05) is 20.0 Å². The standard InChI is InChI=1S/C31H30F3N5O3/c1-3-28-35-13-11-27(38-28)26-10-5-12-36-30(26)42-24-9-4-7-20(15-24)29(40)37-22-16-21(31(32,33)34)17-25(18-22)41-19-23-8-6-14-39(23)2/h4-5,7,9-13,15-18,23H,3,6,8,14,19H2,1-2H3,(H,37,40)/t23-/m0/s1. The van der Waals surface area contributed by atoms with Gasteiger partial charge in [-0.25, -0.2) is 15.0 Å². The van der Waals surface area contributed by atoms with Gasteiger partial charge in [-0.15, -0.1) is 0 Å². The van der Waals surface area contributed by atoms with Gasteiger partial charge in [-0.1, -0.05) is 13.0 Å². The molecule has 42 heavy (non-hydrogen) atoms. The van der Waals surface area contributed by atoms with Gasteiger partial charge in [0, 0.05) is 42.2 Å². The minimum atomic E-state index is -4.61. The summed E-state index contributed by atoms with van der Waals surface area (Å²) in [6.45, 7) is 3.14. The van der Waals surface area contributed by atoms with E-state index in [1.54, 1.807) is 42.7 Å². The Bertz CT molecular complexity index is 1560. The molecule has 0 bridgehead atoms. The zero-order valence-corrected chi connectivity index (χ0v) is 23.2. The molecule has 0 radical (unpaired) electrons. The molecule has 3 heterocycles. The molecule has 1 amide bonds. The topological polar surface area (TPSA) is 89.5 Å². The number of aryl methyl sites for hydroxylation is 1. The van der Waals surface area contributed by atoms with Crippen molar-refractivity contribution in [2.45, 2.75) is 38.4 Å². The number of hydrogen-bond donors (Lipinski definition) is 1. The van der Waals surface area contributed by atoms with Gasteiger partial charge in [-0.05, 0) is 75.0 Å². The molecule has 5 rings (SSSR count). The molecule has 2 aromatic carbocycles. The summed E-state index contributed by atoms with van der Waals surface area (Å²) < 4.78 is 52.8. The number of benzene rings is 2. The van der Waals surface area contributed by atoms with Crippen LogP contribution in [-0.4, -0.2) is 52.0 Å². The number of aromatic nitrogens is 3. The molecule has 1 atom stereocenters. The number of likely N-dealkylation sites (tertiary alicyclic amines) is 1. The third-order valence-corrected chi connectivity index (χ3v) is 6.99. The highest BCUT2D eigenvalue weighted by atomic mass is 19.4. The van der Waals surface area contributed by atoms with Crippen LogP contribution in [0.5, 0.6) is 17.4 Å². The van der Waals surface area contributed by atoms with Crippen LogP contribution in [0.3, 0.4) is 0 Å². The molecule has 1 fully saturated rings. The highest BCUT2D eigenvalue weighted by molar-refractivity contribution is 6.04. The van der Waals surface area contributed by atoms with Crippen LogP contribution in [0.4, 0.5) is 18.9 Å². The monoisotopic (exact) mass is 577 g/mol. The van der Waals surface area contributed by atoms with Gasteiger partial charge in [-0.3, -0.25) is 4.79 Å².